The molecule has 0 N–H and O–H groups in total. The van der Waals surface area contributed by atoms with Crippen LogP contribution in [0.25, 0.3) is 44.2 Å². The molecule has 0 aliphatic heterocycles. The van der Waals surface area contributed by atoms with Crippen LogP contribution in [-0.2, 0) is 14.3 Å². The minimum absolute atomic E-state index is 0.127. The number of hydrogen-bond acceptors (Lipinski definition) is 11. The second-order valence-electron chi connectivity index (χ2n) is 16.1. The quantitative estimate of drug-likeness (QED) is 0.0398. The second kappa shape index (κ2) is 18.2. The average Bonchev–Trinajstić information content (AvgIpc) is 3.17. The van der Waals surface area contributed by atoms with Crippen LogP contribution in [-0.4, -0.2) is 49.2 Å². The molecule has 0 atom stereocenters. The zero-order chi connectivity index (χ0) is 46.8. The molecule has 0 aliphatic rings. The van der Waals surface area contributed by atoms with Crippen molar-refractivity contribution >= 4 is 27.9 Å². The highest BCUT2D eigenvalue weighted by molar-refractivity contribution is 5.85. The smallest absolute Gasteiger partial charge is 0.491 e. The van der Waals surface area contributed by atoms with Gasteiger partial charge in [-0.25, -0.2) is 14.4 Å². The predicted molar refractivity (Wildman–Crippen MR) is 224 cm³/mol. The van der Waals surface area contributed by atoms with Crippen molar-refractivity contribution in [3.05, 3.63) is 130 Å². The third kappa shape index (κ3) is 12.2. The van der Waals surface area contributed by atoms with E-state index in [0.717, 1.165) is 18.2 Å². The Labute approximate surface area is 361 Å². The number of halogens is 6. The van der Waals surface area contributed by atoms with E-state index >= 15 is 0 Å². The zero-order valence-electron chi connectivity index (χ0n) is 35.3. The van der Waals surface area contributed by atoms with Gasteiger partial charge >= 0.3 is 29.9 Å². The van der Waals surface area contributed by atoms with Crippen LogP contribution in [0.3, 0.4) is 0 Å². The first-order valence-electron chi connectivity index (χ1n) is 19.5. The summed E-state index contributed by atoms with van der Waals surface area (Å²) in [5, 5.41) is 0.630. The van der Waals surface area contributed by atoms with E-state index < -0.39 is 58.8 Å². The Balaban J connectivity index is 1.28. The fourth-order valence-corrected chi connectivity index (χ4v) is 7.24. The van der Waals surface area contributed by atoms with Crippen molar-refractivity contribution in [1.29, 1.82) is 0 Å². The van der Waals surface area contributed by atoms with Crippen LogP contribution in [0.1, 0.15) is 45.2 Å². The van der Waals surface area contributed by atoms with Gasteiger partial charge < -0.3 is 37.3 Å². The molecular formula is C47H42F6O11. The van der Waals surface area contributed by atoms with Crippen molar-refractivity contribution in [2.75, 3.05) is 13.2 Å². The Morgan fingerprint density at radius 3 is 1.47 bits per heavy atom. The summed E-state index contributed by atoms with van der Waals surface area (Å²) in [6.45, 7) is 13.2. The van der Waals surface area contributed by atoms with E-state index in [1.807, 2.05) is 0 Å². The molecule has 0 amide bonds. The molecule has 11 nitrogen and oxygen atoms in total. The molecule has 0 bridgehead atoms. The van der Waals surface area contributed by atoms with Crippen LogP contribution in [0.15, 0.2) is 116 Å². The van der Waals surface area contributed by atoms with Crippen LogP contribution in [0, 0.1) is 13.8 Å². The van der Waals surface area contributed by atoms with Gasteiger partial charge in [0.05, 0.1) is 16.7 Å². The van der Waals surface area contributed by atoms with Crippen LogP contribution < -0.4 is 30.2 Å². The molecule has 0 fully saturated rings. The molecule has 4 aromatic carbocycles. The minimum atomic E-state index is -5.02. The molecule has 0 aliphatic carbocycles. The molecule has 0 unspecified atom stereocenters. The van der Waals surface area contributed by atoms with Crippen molar-refractivity contribution in [3.8, 4) is 45.3 Å². The molecule has 6 aromatic rings. The number of rotatable bonds is 16. The molecular weight excluding hydrogens is 854 g/mol. The average molecular weight is 897 g/mol. The molecule has 0 saturated carbocycles. The topological polar surface area (TPSA) is 133 Å². The molecule has 17 heteroatoms. The van der Waals surface area contributed by atoms with Gasteiger partial charge in [0.1, 0.15) is 59.1 Å². The van der Waals surface area contributed by atoms with Gasteiger partial charge in [0.15, 0.2) is 0 Å². The monoisotopic (exact) mass is 896 g/mol. The SMILES string of the molecule is C=CC(=O)OC(C)(C)CC(C)(C)OC(COc1ccc2oc(=O)c(-c3ccc(C)cc3OC(F)(F)F)cc2c1)COc1ccc2oc(=O)c(-c3ccc(C)cc3OC(F)(F)F)cc2c1. The molecule has 2 aromatic heterocycles. The summed E-state index contributed by atoms with van der Waals surface area (Å²) >= 11 is 0. The van der Waals surface area contributed by atoms with Crippen molar-refractivity contribution in [3.63, 3.8) is 0 Å². The van der Waals surface area contributed by atoms with Gasteiger partial charge in [-0.3, -0.25) is 0 Å². The second-order valence-corrected chi connectivity index (χ2v) is 16.1. The summed E-state index contributed by atoms with van der Waals surface area (Å²) in [5.74, 6) is -1.28. The largest absolute Gasteiger partial charge is 0.573 e. The first-order valence-corrected chi connectivity index (χ1v) is 19.5. The molecule has 0 saturated heterocycles. The van der Waals surface area contributed by atoms with Crippen molar-refractivity contribution in [1.82, 2.24) is 0 Å². The summed E-state index contributed by atoms with van der Waals surface area (Å²) in [4.78, 5) is 38.1. The first kappa shape index (κ1) is 46.7. The fourth-order valence-electron chi connectivity index (χ4n) is 7.24. The third-order valence-corrected chi connectivity index (χ3v) is 9.47. The molecule has 6 rings (SSSR count). The van der Waals surface area contributed by atoms with Crippen LogP contribution in [0.5, 0.6) is 23.0 Å². The number of aryl methyl sites for hydroxylation is 2. The normalized spacial score (nSPS) is 12.4. The number of esters is 1. The van der Waals surface area contributed by atoms with E-state index in [1.165, 1.54) is 72.8 Å². The van der Waals surface area contributed by atoms with E-state index in [4.69, 9.17) is 27.8 Å². The van der Waals surface area contributed by atoms with Crippen molar-refractivity contribution < 1.29 is 68.4 Å². The van der Waals surface area contributed by atoms with Gasteiger partial charge in [0, 0.05) is 34.4 Å². The zero-order valence-corrected chi connectivity index (χ0v) is 35.3. The minimum Gasteiger partial charge on any atom is -0.491 e. The van der Waals surface area contributed by atoms with E-state index in [9.17, 15) is 40.7 Å². The number of alkyl halides is 6. The maximum Gasteiger partial charge on any atom is 0.573 e. The summed E-state index contributed by atoms with van der Waals surface area (Å²) in [6, 6.07) is 19.8. The lowest BCUT2D eigenvalue weighted by atomic mass is 9.92. The van der Waals surface area contributed by atoms with E-state index in [0.29, 0.717) is 21.9 Å². The number of carbonyl (C=O) groups excluding carboxylic acids is 1. The standard InChI is InChI=1S/C47H42F6O11/c1-8-41(54)64-45(6,7)25-44(4,5)61-32(23-57-30-11-15-37-28(19-30)21-35(42(55)59-37)33-13-9-26(2)17-39(33)62-46(48,49)50)24-58-31-12-16-38-29(20-31)22-36(43(56)60-38)34-14-10-27(3)18-40(34)63-47(51,52)53/h8-22,32H,1,23-25H2,2-7H3. The third-order valence-electron chi connectivity index (χ3n) is 9.47. The van der Waals surface area contributed by atoms with Gasteiger partial charge in [-0.15, -0.1) is 26.3 Å². The number of fused-ring (bicyclic) bond motifs is 2. The number of hydrogen-bond donors (Lipinski definition) is 0. The van der Waals surface area contributed by atoms with Gasteiger partial charge in [-0.1, -0.05) is 30.8 Å². The Morgan fingerprint density at radius 1 is 0.625 bits per heavy atom. The van der Waals surface area contributed by atoms with E-state index in [-0.39, 0.29) is 64.6 Å². The summed E-state index contributed by atoms with van der Waals surface area (Å²) in [7, 11) is 0. The highest BCUT2D eigenvalue weighted by Gasteiger charge is 2.36. The summed E-state index contributed by atoms with van der Waals surface area (Å²) in [5.41, 5.74) is -3.24. The molecule has 0 spiro atoms. The number of ether oxygens (including phenoxy) is 6. The first-order chi connectivity index (χ1) is 29.9. The molecule has 338 valence electrons. The molecule has 0 radical (unpaired) electrons. The fraction of sp³-hybridized carbons (Fsp3) is 0.298. The number of benzene rings is 4. The van der Waals surface area contributed by atoms with Crippen LogP contribution >= 0.6 is 0 Å². The predicted octanol–water partition coefficient (Wildman–Crippen LogP) is 11.2. The van der Waals surface area contributed by atoms with Gasteiger partial charge in [-0.2, -0.15) is 0 Å². The Morgan fingerprint density at radius 2 is 1.06 bits per heavy atom. The lowest BCUT2D eigenvalue weighted by Gasteiger charge is -2.36. The highest BCUT2D eigenvalue weighted by Crippen LogP contribution is 2.37. The van der Waals surface area contributed by atoms with Crippen LogP contribution in [0.2, 0.25) is 0 Å². The van der Waals surface area contributed by atoms with Crippen LogP contribution in [0.4, 0.5) is 26.3 Å². The maximum atomic E-state index is 13.3. The lowest BCUT2D eigenvalue weighted by Crippen LogP contribution is -2.43. The Hall–Kier alpha value is -6.75. The van der Waals surface area contributed by atoms with Gasteiger partial charge in [0.25, 0.3) is 0 Å². The Kier molecular flexibility index (Phi) is 13.3. The van der Waals surface area contributed by atoms with E-state index in [1.54, 1.807) is 41.5 Å². The molecule has 64 heavy (non-hydrogen) atoms. The van der Waals surface area contributed by atoms with Gasteiger partial charge in [-0.05, 0) is 113 Å². The lowest BCUT2D eigenvalue weighted by molar-refractivity contribution is -0.275. The maximum absolute atomic E-state index is 13.3. The number of carbonyl (C=O) groups is 1. The highest BCUT2D eigenvalue weighted by atomic mass is 19.4. The Bertz CT molecular complexity index is 2650. The van der Waals surface area contributed by atoms with Crippen molar-refractivity contribution in [2.45, 2.75) is 78.0 Å². The van der Waals surface area contributed by atoms with Gasteiger partial charge in [0.2, 0.25) is 0 Å². The summed E-state index contributed by atoms with van der Waals surface area (Å²) in [6.07, 6.45) is -9.66. The van der Waals surface area contributed by atoms with Crippen molar-refractivity contribution in [2.24, 2.45) is 0 Å². The molecule has 2 heterocycles. The summed E-state index contributed by atoms with van der Waals surface area (Å²) < 4.78 is 124. The van der Waals surface area contributed by atoms with E-state index in [2.05, 4.69) is 16.1 Å².